The summed E-state index contributed by atoms with van der Waals surface area (Å²) in [6.07, 6.45) is 1.88. The second kappa shape index (κ2) is 6.44. The number of piperazine rings is 1. The average molecular weight is 413 g/mol. The van der Waals surface area contributed by atoms with Crippen LogP contribution in [0.4, 0.5) is 13.6 Å². The predicted molar refractivity (Wildman–Crippen MR) is 108 cm³/mol. The Morgan fingerprint density at radius 3 is 2.70 bits per heavy atom. The van der Waals surface area contributed by atoms with E-state index >= 15 is 0 Å². The van der Waals surface area contributed by atoms with Gasteiger partial charge in [0.15, 0.2) is 0 Å². The summed E-state index contributed by atoms with van der Waals surface area (Å²) < 4.78 is 28.7. The number of nitrogens with two attached hydrogens (primary N) is 1. The number of primary amides is 1. The van der Waals surface area contributed by atoms with Gasteiger partial charge in [0.2, 0.25) is 0 Å². The number of hydrogen-bond acceptors (Lipinski definition) is 4. The maximum atomic E-state index is 14.3. The van der Waals surface area contributed by atoms with Crippen molar-refractivity contribution in [3.8, 4) is 11.3 Å². The molecule has 5 rings (SSSR count). The van der Waals surface area contributed by atoms with E-state index in [-0.39, 0.29) is 34.0 Å². The smallest absolute Gasteiger partial charge is 0.314 e. The molecular formula is C22H25F2N5O. The molecule has 1 aromatic carbocycles. The molecule has 2 heterocycles. The lowest BCUT2D eigenvalue weighted by Gasteiger charge is -2.48. The SMILES string of the molecule is CC1(C)[C@H]2CCC1([C@@H]1CN(C(N)=O)CCN1)c1nnc(-c3c(F)cccc3F)cc12. The number of halogens is 2. The van der Waals surface area contributed by atoms with Crippen LogP contribution in [0.2, 0.25) is 0 Å². The fraction of sp³-hybridized carbons (Fsp3) is 0.500. The van der Waals surface area contributed by atoms with Gasteiger partial charge < -0.3 is 16.0 Å². The van der Waals surface area contributed by atoms with Crippen LogP contribution in [-0.4, -0.2) is 46.8 Å². The van der Waals surface area contributed by atoms with E-state index in [0.717, 1.165) is 24.1 Å². The number of rotatable bonds is 2. The van der Waals surface area contributed by atoms with E-state index in [2.05, 4.69) is 29.4 Å². The lowest BCUT2D eigenvalue weighted by atomic mass is 9.63. The number of carbonyl (C=O) groups is 1. The van der Waals surface area contributed by atoms with Crippen molar-refractivity contribution >= 4 is 6.03 Å². The van der Waals surface area contributed by atoms with Crippen LogP contribution in [-0.2, 0) is 5.41 Å². The van der Waals surface area contributed by atoms with Gasteiger partial charge in [-0.15, -0.1) is 0 Å². The molecule has 1 aliphatic heterocycles. The molecule has 1 unspecified atom stereocenters. The molecule has 158 valence electrons. The summed E-state index contributed by atoms with van der Waals surface area (Å²) >= 11 is 0. The van der Waals surface area contributed by atoms with Gasteiger partial charge in [-0.1, -0.05) is 19.9 Å². The average Bonchev–Trinajstić information content (AvgIpc) is 3.09. The fourth-order valence-electron chi connectivity index (χ4n) is 6.29. The first-order chi connectivity index (χ1) is 14.3. The van der Waals surface area contributed by atoms with Crippen molar-refractivity contribution in [1.82, 2.24) is 20.4 Å². The highest BCUT2D eigenvalue weighted by atomic mass is 19.1. The van der Waals surface area contributed by atoms with Crippen molar-refractivity contribution in [3.05, 3.63) is 47.2 Å². The van der Waals surface area contributed by atoms with E-state index in [1.54, 1.807) is 4.90 Å². The Labute approximate surface area is 173 Å². The van der Waals surface area contributed by atoms with Gasteiger partial charge in [0.1, 0.15) is 11.6 Å². The Morgan fingerprint density at radius 2 is 2.00 bits per heavy atom. The molecule has 2 aromatic rings. The summed E-state index contributed by atoms with van der Waals surface area (Å²) in [6, 6.07) is 5.19. The molecule has 8 heteroatoms. The highest BCUT2D eigenvalue weighted by Gasteiger charge is 2.66. The Kier molecular flexibility index (Phi) is 4.16. The van der Waals surface area contributed by atoms with Gasteiger partial charge in [-0.3, -0.25) is 0 Å². The molecule has 1 saturated heterocycles. The number of hydrogen-bond donors (Lipinski definition) is 2. The van der Waals surface area contributed by atoms with Crippen LogP contribution in [0.15, 0.2) is 24.3 Å². The Bertz CT molecular complexity index is 1020. The van der Waals surface area contributed by atoms with E-state index in [9.17, 15) is 13.6 Å². The molecule has 1 aromatic heterocycles. The first-order valence-electron chi connectivity index (χ1n) is 10.4. The number of carbonyl (C=O) groups excluding carboxylic acids is 1. The molecule has 3 atom stereocenters. The molecule has 2 bridgehead atoms. The molecule has 0 spiro atoms. The van der Waals surface area contributed by atoms with Crippen LogP contribution in [0.1, 0.15) is 43.9 Å². The number of benzene rings is 1. The highest BCUT2D eigenvalue weighted by Crippen LogP contribution is 2.68. The molecule has 30 heavy (non-hydrogen) atoms. The zero-order valence-electron chi connectivity index (χ0n) is 17.1. The molecule has 2 fully saturated rings. The number of aromatic nitrogens is 2. The van der Waals surface area contributed by atoms with E-state index < -0.39 is 17.7 Å². The number of urea groups is 1. The van der Waals surface area contributed by atoms with Crippen LogP contribution in [0.5, 0.6) is 0 Å². The van der Waals surface area contributed by atoms with Gasteiger partial charge in [-0.2, -0.15) is 10.2 Å². The molecule has 3 N–H and O–H groups in total. The van der Waals surface area contributed by atoms with Crippen molar-refractivity contribution in [2.24, 2.45) is 11.1 Å². The lowest BCUT2D eigenvalue weighted by Crippen LogP contribution is -2.63. The topological polar surface area (TPSA) is 84.1 Å². The Morgan fingerprint density at radius 1 is 1.27 bits per heavy atom. The minimum Gasteiger partial charge on any atom is -0.351 e. The largest absolute Gasteiger partial charge is 0.351 e. The van der Waals surface area contributed by atoms with Crippen LogP contribution in [0.25, 0.3) is 11.3 Å². The first-order valence-corrected chi connectivity index (χ1v) is 10.4. The third kappa shape index (κ3) is 2.40. The molecule has 2 aliphatic carbocycles. The number of fused-ring (bicyclic) bond motifs is 5. The van der Waals surface area contributed by atoms with E-state index in [0.29, 0.717) is 19.6 Å². The normalized spacial score (nSPS) is 29.1. The van der Waals surface area contributed by atoms with Gasteiger partial charge >= 0.3 is 6.03 Å². The van der Waals surface area contributed by atoms with Crippen molar-refractivity contribution in [1.29, 1.82) is 0 Å². The standard InChI is InChI=1S/C22H25F2N5O/c1-21(2)13-6-7-22(21,17-11-29(20(25)30)9-8-26-17)19-12(13)10-16(27-28-19)18-14(23)4-3-5-15(18)24/h3-5,10,13,17,26H,6-9,11H2,1-2H3,(H2,25,30)/t13-,17-,22?/m0/s1. The van der Waals surface area contributed by atoms with Gasteiger partial charge in [0.25, 0.3) is 0 Å². The lowest BCUT2D eigenvalue weighted by molar-refractivity contribution is 0.0998. The van der Waals surface area contributed by atoms with Gasteiger partial charge in [0, 0.05) is 31.1 Å². The molecule has 1 saturated carbocycles. The van der Waals surface area contributed by atoms with Gasteiger partial charge in [-0.05, 0) is 47.9 Å². The monoisotopic (exact) mass is 413 g/mol. The van der Waals surface area contributed by atoms with Crippen LogP contribution in [0.3, 0.4) is 0 Å². The summed E-state index contributed by atoms with van der Waals surface area (Å²) in [4.78, 5) is 13.5. The first kappa shape index (κ1) is 19.4. The van der Waals surface area contributed by atoms with Crippen molar-refractivity contribution in [2.75, 3.05) is 19.6 Å². The third-order valence-electron chi connectivity index (χ3n) is 7.77. The van der Waals surface area contributed by atoms with E-state index in [4.69, 9.17) is 5.73 Å². The van der Waals surface area contributed by atoms with Crippen LogP contribution in [0, 0.1) is 17.0 Å². The molecule has 6 nitrogen and oxygen atoms in total. The number of nitrogens with one attached hydrogen (secondary N) is 1. The fourth-order valence-corrected chi connectivity index (χ4v) is 6.29. The van der Waals surface area contributed by atoms with Crippen molar-refractivity contribution in [3.63, 3.8) is 0 Å². The van der Waals surface area contributed by atoms with E-state index in [1.165, 1.54) is 18.2 Å². The third-order valence-corrected chi connectivity index (χ3v) is 7.77. The van der Waals surface area contributed by atoms with Gasteiger partial charge in [-0.25, -0.2) is 13.6 Å². The predicted octanol–water partition coefficient (Wildman–Crippen LogP) is 2.93. The maximum Gasteiger partial charge on any atom is 0.314 e. The maximum absolute atomic E-state index is 14.3. The summed E-state index contributed by atoms with van der Waals surface area (Å²) in [5.41, 5.74) is 7.07. The zero-order valence-corrected chi connectivity index (χ0v) is 17.1. The summed E-state index contributed by atoms with van der Waals surface area (Å²) in [7, 11) is 0. The van der Waals surface area contributed by atoms with Crippen LogP contribution >= 0.6 is 0 Å². The number of nitrogens with zero attached hydrogens (tertiary/aromatic N) is 3. The molecule has 0 radical (unpaired) electrons. The second-order valence-electron chi connectivity index (χ2n) is 9.21. The molecule has 2 amide bonds. The second-order valence-corrected chi connectivity index (χ2v) is 9.21. The van der Waals surface area contributed by atoms with Crippen LogP contribution < -0.4 is 11.1 Å². The minimum atomic E-state index is -0.646. The minimum absolute atomic E-state index is 0.00894. The summed E-state index contributed by atoms with van der Waals surface area (Å²) in [5.74, 6) is -1.08. The molecule has 3 aliphatic rings. The highest BCUT2D eigenvalue weighted by molar-refractivity contribution is 5.72. The molecular weight excluding hydrogens is 388 g/mol. The van der Waals surface area contributed by atoms with Gasteiger partial charge in [0.05, 0.1) is 17.0 Å². The Balaban J connectivity index is 1.62. The summed E-state index contributed by atoms with van der Waals surface area (Å²) in [5, 5.41) is 12.4. The Hall–Kier alpha value is -2.61. The van der Waals surface area contributed by atoms with E-state index in [1.807, 2.05) is 6.07 Å². The quantitative estimate of drug-likeness (QED) is 0.793. The summed E-state index contributed by atoms with van der Waals surface area (Å²) in [6.45, 7) is 6.20. The van der Waals surface area contributed by atoms with Crippen molar-refractivity contribution in [2.45, 2.75) is 44.1 Å². The van der Waals surface area contributed by atoms with Crippen molar-refractivity contribution < 1.29 is 13.6 Å². The number of amides is 2. The zero-order chi connectivity index (χ0) is 21.3.